The van der Waals surface area contributed by atoms with E-state index in [1.807, 2.05) is 30.3 Å². The molecule has 1 aliphatic heterocycles. The Kier molecular flexibility index (Phi) is 6.53. The van der Waals surface area contributed by atoms with Gasteiger partial charge in [-0.1, -0.05) is 56.5 Å². The first-order valence-electron chi connectivity index (χ1n) is 9.86. The highest BCUT2D eigenvalue weighted by Gasteiger charge is 2.48. The number of likely N-dealkylation sites (tertiary alicyclic amines) is 1. The second-order valence-corrected chi connectivity index (χ2v) is 7.33. The number of amides is 1. The Morgan fingerprint density at radius 3 is 2.65 bits per heavy atom. The summed E-state index contributed by atoms with van der Waals surface area (Å²) >= 11 is 0. The summed E-state index contributed by atoms with van der Waals surface area (Å²) in [7, 11) is 0. The summed E-state index contributed by atoms with van der Waals surface area (Å²) in [6.45, 7) is 2.71. The molecule has 0 N–H and O–H groups in total. The number of unbranched alkanes of at least 4 members (excludes halogenated alkanes) is 1. The molecule has 2 aliphatic rings. The topological polar surface area (TPSA) is 55.8 Å². The van der Waals surface area contributed by atoms with E-state index in [1.165, 1.54) is 6.42 Å². The molecule has 0 spiro atoms. The highest BCUT2D eigenvalue weighted by atomic mass is 16.6. The standard InChI is InChI=1S/C21H29NO4/c1-2-3-13-25-20(23)19-14-17-11-7-8-12-18(17)22(19)21(24)26-15-16-9-5-4-6-10-16/h4-6,9-10,17-19H,2-3,7-8,11-15H2,1H3. The molecule has 2 fully saturated rings. The zero-order valence-corrected chi connectivity index (χ0v) is 15.6. The maximum atomic E-state index is 12.8. The summed E-state index contributed by atoms with van der Waals surface area (Å²) in [5.74, 6) is 0.112. The van der Waals surface area contributed by atoms with Crippen molar-refractivity contribution < 1.29 is 19.1 Å². The maximum Gasteiger partial charge on any atom is 0.411 e. The largest absolute Gasteiger partial charge is 0.464 e. The molecule has 1 aliphatic carbocycles. The first-order chi connectivity index (χ1) is 12.7. The average Bonchev–Trinajstić information content (AvgIpc) is 3.07. The molecule has 1 heterocycles. The van der Waals surface area contributed by atoms with Crippen LogP contribution in [0.3, 0.4) is 0 Å². The summed E-state index contributed by atoms with van der Waals surface area (Å²) in [4.78, 5) is 27.1. The van der Waals surface area contributed by atoms with Crippen molar-refractivity contribution in [1.29, 1.82) is 0 Å². The number of carbonyl (C=O) groups is 2. The van der Waals surface area contributed by atoms with E-state index in [-0.39, 0.29) is 24.7 Å². The van der Waals surface area contributed by atoms with Crippen LogP contribution < -0.4 is 0 Å². The number of carbonyl (C=O) groups excluding carboxylic acids is 2. The Morgan fingerprint density at radius 1 is 1.12 bits per heavy atom. The van der Waals surface area contributed by atoms with Crippen molar-refractivity contribution in [1.82, 2.24) is 4.90 Å². The predicted octanol–water partition coefficient (Wildman–Crippen LogP) is 4.30. The van der Waals surface area contributed by atoms with Gasteiger partial charge in [0, 0.05) is 6.04 Å². The van der Waals surface area contributed by atoms with Crippen LogP contribution in [0.4, 0.5) is 4.79 Å². The van der Waals surface area contributed by atoms with E-state index in [0.29, 0.717) is 18.9 Å². The van der Waals surface area contributed by atoms with Crippen LogP contribution in [-0.4, -0.2) is 35.7 Å². The minimum Gasteiger partial charge on any atom is -0.464 e. The lowest BCUT2D eigenvalue weighted by molar-refractivity contribution is -0.149. The van der Waals surface area contributed by atoms with Crippen LogP contribution in [0.2, 0.25) is 0 Å². The van der Waals surface area contributed by atoms with Crippen molar-refractivity contribution in [2.45, 2.75) is 70.6 Å². The number of ether oxygens (including phenoxy) is 2. The lowest BCUT2D eigenvalue weighted by Crippen LogP contribution is -2.47. The molecular weight excluding hydrogens is 330 g/mol. The van der Waals surface area contributed by atoms with E-state index in [9.17, 15) is 9.59 Å². The zero-order chi connectivity index (χ0) is 18.4. The Morgan fingerprint density at radius 2 is 1.88 bits per heavy atom. The monoisotopic (exact) mass is 359 g/mol. The average molecular weight is 359 g/mol. The fraction of sp³-hybridized carbons (Fsp3) is 0.619. The molecule has 3 atom stereocenters. The van der Waals surface area contributed by atoms with Crippen LogP contribution in [0.25, 0.3) is 0 Å². The van der Waals surface area contributed by atoms with Crippen LogP contribution >= 0.6 is 0 Å². The van der Waals surface area contributed by atoms with Gasteiger partial charge in [0.1, 0.15) is 12.6 Å². The van der Waals surface area contributed by atoms with Crippen LogP contribution in [0.15, 0.2) is 30.3 Å². The fourth-order valence-corrected chi connectivity index (χ4v) is 4.14. The van der Waals surface area contributed by atoms with Crippen molar-refractivity contribution >= 4 is 12.1 Å². The highest BCUT2D eigenvalue weighted by molar-refractivity contribution is 5.82. The Labute approximate surface area is 155 Å². The smallest absolute Gasteiger partial charge is 0.411 e. The zero-order valence-electron chi connectivity index (χ0n) is 15.6. The molecule has 1 saturated carbocycles. The van der Waals surface area contributed by atoms with Gasteiger partial charge in [0.25, 0.3) is 0 Å². The molecule has 0 aromatic heterocycles. The van der Waals surface area contributed by atoms with E-state index < -0.39 is 6.04 Å². The van der Waals surface area contributed by atoms with Gasteiger partial charge in [-0.2, -0.15) is 0 Å². The number of esters is 1. The van der Waals surface area contributed by atoms with Crippen LogP contribution in [0.1, 0.15) is 57.4 Å². The summed E-state index contributed by atoms with van der Waals surface area (Å²) in [6, 6.07) is 9.24. The van der Waals surface area contributed by atoms with Crippen LogP contribution in [0, 0.1) is 5.92 Å². The molecule has 5 heteroatoms. The molecule has 142 valence electrons. The SMILES string of the molecule is CCCCOC(=O)C1CC2CCCCC2N1C(=O)OCc1ccccc1. The van der Waals surface area contributed by atoms with Crippen molar-refractivity contribution in [3.63, 3.8) is 0 Å². The second kappa shape index (κ2) is 9.06. The van der Waals surface area contributed by atoms with E-state index >= 15 is 0 Å². The van der Waals surface area contributed by atoms with Gasteiger partial charge in [-0.05, 0) is 37.2 Å². The van der Waals surface area contributed by atoms with Crippen molar-refractivity contribution in [3.8, 4) is 0 Å². The predicted molar refractivity (Wildman–Crippen MR) is 98.5 cm³/mol. The molecule has 1 aromatic rings. The first-order valence-corrected chi connectivity index (χ1v) is 9.86. The number of fused-ring (bicyclic) bond motifs is 1. The molecule has 1 amide bonds. The lowest BCUT2D eigenvalue weighted by atomic mass is 9.85. The maximum absolute atomic E-state index is 12.8. The third kappa shape index (κ3) is 4.37. The van der Waals surface area contributed by atoms with E-state index in [4.69, 9.17) is 9.47 Å². The highest BCUT2D eigenvalue weighted by Crippen LogP contribution is 2.40. The summed E-state index contributed by atoms with van der Waals surface area (Å²) < 4.78 is 11.0. The Bertz CT molecular complexity index is 603. The van der Waals surface area contributed by atoms with Gasteiger partial charge >= 0.3 is 12.1 Å². The van der Waals surface area contributed by atoms with Gasteiger partial charge in [-0.25, -0.2) is 9.59 Å². The minimum absolute atomic E-state index is 0.107. The Balaban J connectivity index is 1.66. The molecule has 26 heavy (non-hydrogen) atoms. The van der Waals surface area contributed by atoms with Gasteiger partial charge in [-0.3, -0.25) is 4.90 Å². The third-order valence-electron chi connectivity index (χ3n) is 5.52. The van der Waals surface area contributed by atoms with Gasteiger partial charge in [0.2, 0.25) is 0 Å². The van der Waals surface area contributed by atoms with Crippen LogP contribution in [0.5, 0.6) is 0 Å². The van der Waals surface area contributed by atoms with Gasteiger partial charge in [0.15, 0.2) is 0 Å². The first kappa shape index (κ1) is 18.7. The van der Waals surface area contributed by atoms with E-state index in [0.717, 1.165) is 37.7 Å². The third-order valence-corrected chi connectivity index (χ3v) is 5.52. The molecule has 5 nitrogen and oxygen atoms in total. The Hall–Kier alpha value is -2.04. The lowest BCUT2D eigenvalue weighted by Gasteiger charge is -2.32. The van der Waals surface area contributed by atoms with Gasteiger partial charge < -0.3 is 9.47 Å². The summed E-state index contributed by atoms with van der Waals surface area (Å²) in [5, 5.41) is 0. The number of nitrogens with zero attached hydrogens (tertiary/aromatic N) is 1. The molecule has 1 aromatic carbocycles. The number of hydrogen-bond donors (Lipinski definition) is 0. The quantitative estimate of drug-likeness (QED) is 0.561. The van der Waals surface area contributed by atoms with Gasteiger partial charge in [-0.15, -0.1) is 0 Å². The van der Waals surface area contributed by atoms with Crippen molar-refractivity contribution in [2.75, 3.05) is 6.61 Å². The molecule has 0 bridgehead atoms. The van der Waals surface area contributed by atoms with E-state index in [1.54, 1.807) is 4.90 Å². The minimum atomic E-state index is -0.497. The number of rotatable bonds is 6. The molecular formula is C21H29NO4. The number of hydrogen-bond acceptors (Lipinski definition) is 4. The van der Waals surface area contributed by atoms with Crippen LogP contribution in [-0.2, 0) is 20.9 Å². The molecule has 3 unspecified atom stereocenters. The molecule has 1 saturated heterocycles. The molecule has 3 rings (SSSR count). The number of benzene rings is 1. The summed E-state index contributed by atoms with van der Waals surface area (Å²) in [5.41, 5.74) is 0.947. The second-order valence-electron chi connectivity index (χ2n) is 7.33. The fourth-order valence-electron chi connectivity index (χ4n) is 4.14. The van der Waals surface area contributed by atoms with Crippen molar-refractivity contribution in [2.24, 2.45) is 5.92 Å². The summed E-state index contributed by atoms with van der Waals surface area (Å²) in [6.07, 6.45) is 6.44. The van der Waals surface area contributed by atoms with Gasteiger partial charge in [0.05, 0.1) is 6.61 Å². The molecule has 0 radical (unpaired) electrons. The van der Waals surface area contributed by atoms with E-state index in [2.05, 4.69) is 6.92 Å². The van der Waals surface area contributed by atoms with Crippen molar-refractivity contribution in [3.05, 3.63) is 35.9 Å². The normalized spacial score (nSPS) is 24.8.